The molecule has 17 heavy (non-hydrogen) atoms. The van der Waals surface area contributed by atoms with Crippen molar-refractivity contribution in [1.29, 1.82) is 0 Å². The van der Waals surface area contributed by atoms with E-state index in [1.807, 2.05) is 31.2 Å². The quantitative estimate of drug-likeness (QED) is 0.777. The second kappa shape index (κ2) is 7.33. The first-order chi connectivity index (χ1) is 8.22. The fraction of sp³-hybridized carbons (Fsp3) is 0.600. The molecule has 0 bridgehead atoms. The second-order valence-electron chi connectivity index (χ2n) is 4.46. The summed E-state index contributed by atoms with van der Waals surface area (Å²) >= 11 is 0. The molecule has 0 aromatic heterocycles. The second-order valence-corrected chi connectivity index (χ2v) is 4.46. The lowest BCUT2D eigenvalue weighted by atomic mass is 10.0. The zero-order chi connectivity index (χ0) is 12.7. The molecule has 0 fully saturated rings. The van der Waals surface area contributed by atoms with Gasteiger partial charge >= 0.3 is 0 Å². The van der Waals surface area contributed by atoms with E-state index < -0.39 is 6.10 Å². The Morgan fingerprint density at radius 1 is 1.06 bits per heavy atom. The smallest absolute Gasteiger partial charge is 0.125 e. The molecule has 0 heterocycles. The van der Waals surface area contributed by atoms with Crippen molar-refractivity contribution in [2.24, 2.45) is 5.92 Å². The number of aliphatic hydroxyl groups excluding tert-OH is 1. The van der Waals surface area contributed by atoms with Crippen molar-refractivity contribution in [3.8, 4) is 5.75 Å². The van der Waals surface area contributed by atoms with E-state index in [9.17, 15) is 5.11 Å². The monoisotopic (exact) mass is 236 g/mol. The summed E-state index contributed by atoms with van der Waals surface area (Å²) < 4.78 is 5.84. The Bertz CT molecular complexity index is 318. The van der Waals surface area contributed by atoms with Crippen molar-refractivity contribution < 1.29 is 9.84 Å². The van der Waals surface area contributed by atoms with Crippen LogP contribution >= 0.6 is 0 Å². The molecule has 1 N–H and O–H groups in total. The molecule has 0 spiro atoms. The molecule has 0 unspecified atom stereocenters. The van der Waals surface area contributed by atoms with Gasteiger partial charge in [-0.3, -0.25) is 0 Å². The van der Waals surface area contributed by atoms with Crippen LogP contribution in [0.1, 0.15) is 51.7 Å². The molecule has 1 atom stereocenters. The van der Waals surface area contributed by atoms with E-state index in [0.717, 1.165) is 30.8 Å². The Morgan fingerprint density at radius 3 is 2.29 bits per heavy atom. The highest BCUT2D eigenvalue weighted by Crippen LogP contribution is 2.27. The van der Waals surface area contributed by atoms with Crippen molar-refractivity contribution in [3.63, 3.8) is 0 Å². The molecule has 96 valence electrons. The summed E-state index contributed by atoms with van der Waals surface area (Å²) in [6, 6.07) is 7.78. The van der Waals surface area contributed by atoms with Gasteiger partial charge in [0.15, 0.2) is 0 Å². The fourth-order valence-electron chi connectivity index (χ4n) is 1.84. The Morgan fingerprint density at radius 2 is 1.71 bits per heavy atom. The minimum atomic E-state index is -0.423. The SMILES string of the molecule is CCC(CC)COc1ccccc1[C@@H](O)CC. The van der Waals surface area contributed by atoms with Crippen LogP contribution in [0.25, 0.3) is 0 Å². The van der Waals surface area contributed by atoms with Crippen LogP contribution in [0.5, 0.6) is 5.75 Å². The number of aliphatic hydroxyl groups is 1. The van der Waals surface area contributed by atoms with Crippen LogP contribution in [-0.4, -0.2) is 11.7 Å². The predicted octanol–water partition coefficient (Wildman–Crippen LogP) is 3.95. The Hall–Kier alpha value is -1.02. The van der Waals surface area contributed by atoms with Crippen LogP contribution < -0.4 is 4.74 Å². The number of ether oxygens (including phenoxy) is 1. The highest BCUT2D eigenvalue weighted by Gasteiger charge is 2.12. The molecule has 1 aromatic carbocycles. The van der Waals surface area contributed by atoms with E-state index in [1.165, 1.54) is 0 Å². The summed E-state index contributed by atoms with van der Waals surface area (Å²) in [4.78, 5) is 0. The van der Waals surface area contributed by atoms with E-state index in [0.29, 0.717) is 12.3 Å². The van der Waals surface area contributed by atoms with Crippen LogP contribution in [0.2, 0.25) is 0 Å². The summed E-state index contributed by atoms with van der Waals surface area (Å²) in [6.45, 7) is 7.08. The summed E-state index contributed by atoms with van der Waals surface area (Å²) in [5.74, 6) is 1.43. The Balaban J connectivity index is 2.70. The molecule has 0 aliphatic rings. The number of benzene rings is 1. The van der Waals surface area contributed by atoms with E-state index in [4.69, 9.17) is 4.74 Å². The van der Waals surface area contributed by atoms with Crippen LogP contribution in [0.3, 0.4) is 0 Å². The maximum atomic E-state index is 9.91. The van der Waals surface area contributed by atoms with E-state index in [-0.39, 0.29) is 0 Å². The van der Waals surface area contributed by atoms with Crippen LogP contribution in [0.4, 0.5) is 0 Å². The van der Waals surface area contributed by atoms with Gasteiger partial charge in [0.25, 0.3) is 0 Å². The molecule has 0 saturated heterocycles. The minimum Gasteiger partial charge on any atom is -0.493 e. The van der Waals surface area contributed by atoms with E-state index >= 15 is 0 Å². The Kier molecular flexibility index (Phi) is 6.06. The number of hydrogen-bond acceptors (Lipinski definition) is 2. The third-order valence-corrected chi connectivity index (χ3v) is 3.29. The summed E-state index contributed by atoms with van der Waals surface area (Å²) in [6.07, 6.45) is 2.56. The standard InChI is InChI=1S/C15H24O2/c1-4-12(5-2)11-17-15-10-8-7-9-13(15)14(16)6-3/h7-10,12,14,16H,4-6,11H2,1-3H3/t14-/m0/s1. The van der Waals surface area contributed by atoms with E-state index in [2.05, 4.69) is 13.8 Å². The van der Waals surface area contributed by atoms with Crippen molar-refractivity contribution in [2.45, 2.75) is 46.1 Å². The molecule has 2 nitrogen and oxygen atoms in total. The van der Waals surface area contributed by atoms with Gasteiger partial charge in [0.1, 0.15) is 5.75 Å². The van der Waals surface area contributed by atoms with Gasteiger partial charge in [-0.25, -0.2) is 0 Å². The van der Waals surface area contributed by atoms with Crippen LogP contribution in [-0.2, 0) is 0 Å². The first-order valence-corrected chi connectivity index (χ1v) is 6.62. The highest BCUT2D eigenvalue weighted by molar-refractivity contribution is 5.34. The molecule has 0 amide bonds. The summed E-state index contributed by atoms with van der Waals surface area (Å²) in [5.41, 5.74) is 0.904. The third kappa shape index (κ3) is 4.04. The molecule has 0 aliphatic carbocycles. The lowest BCUT2D eigenvalue weighted by molar-refractivity contribution is 0.163. The zero-order valence-electron chi connectivity index (χ0n) is 11.1. The van der Waals surface area contributed by atoms with Gasteiger partial charge in [-0.15, -0.1) is 0 Å². The van der Waals surface area contributed by atoms with Crippen LogP contribution in [0.15, 0.2) is 24.3 Å². The topological polar surface area (TPSA) is 29.5 Å². The summed E-state index contributed by atoms with van der Waals surface area (Å²) in [5, 5.41) is 9.91. The largest absolute Gasteiger partial charge is 0.493 e. The van der Waals surface area contributed by atoms with E-state index in [1.54, 1.807) is 0 Å². The van der Waals surface area contributed by atoms with Crippen molar-refractivity contribution in [2.75, 3.05) is 6.61 Å². The molecule has 1 aromatic rings. The van der Waals surface area contributed by atoms with Crippen LogP contribution in [0, 0.1) is 5.92 Å². The zero-order valence-corrected chi connectivity index (χ0v) is 11.1. The average molecular weight is 236 g/mol. The van der Waals surface area contributed by atoms with Gasteiger partial charge in [-0.2, -0.15) is 0 Å². The van der Waals surface area contributed by atoms with Crippen molar-refractivity contribution in [1.82, 2.24) is 0 Å². The lowest BCUT2D eigenvalue weighted by Gasteiger charge is -2.18. The summed E-state index contributed by atoms with van der Waals surface area (Å²) in [7, 11) is 0. The van der Waals surface area contributed by atoms with Gasteiger partial charge in [-0.05, 0) is 18.4 Å². The molecular formula is C15H24O2. The molecule has 0 saturated carbocycles. The van der Waals surface area contributed by atoms with Gasteiger partial charge in [0.05, 0.1) is 12.7 Å². The van der Waals surface area contributed by atoms with Gasteiger partial charge in [0.2, 0.25) is 0 Å². The van der Waals surface area contributed by atoms with Gasteiger partial charge < -0.3 is 9.84 Å². The lowest BCUT2D eigenvalue weighted by Crippen LogP contribution is -2.11. The minimum absolute atomic E-state index is 0.423. The molecular weight excluding hydrogens is 212 g/mol. The number of hydrogen-bond donors (Lipinski definition) is 1. The third-order valence-electron chi connectivity index (χ3n) is 3.29. The number of para-hydroxylation sites is 1. The number of rotatable bonds is 7. The molecule has 0 radical (unpaired) electrons. The van der Waals surface area contributed by atoms with Gasteiger partial charge in [-0.1, -0.05) is 51.8 Å². The maximum absolute atomic E-state index is 9.91. The van der Waals surface area contributed by atoms with Gasteiger partial charge in [0, 0.05) is 5.56 Å². The molecule has 1 rings (SSSR count). The molecule has 2 heteroatoms. The van der Waals surface area contributed by atoms with Crippen molar-refractivity contribution >= 4 is 0 Å². The first-order valence-electron chi connectivity index (χ1n) is 6.62. The maximum Gasteiger partial charge on any atom is 0.125 e. The van der Waals surface area contributed by atoms with Crippen molar-refractivity contribution in [3.05, 3.63) is 29.8 Å². The Labute approximate surface area is 105 Å². The average Bonchev–Trinajstić information content (AvgIpc) is 2.39. The first kappa shape index (κ1) is 14.0. The fourth-order valence-corrected chi connectivity index (χ4v) is 1.84. The highest BCUT2D eigenvalue weighted by atomic mass is 16.5. The molecule has 0 aliphatic heterocycles. The predicted molar refractivity (Wildman–Crippen MR) is 71.3 cm³/mol. The normalized spacial score (nSPS) is 12.8.